The average molecular weight is 420 g/mol. The summed E-state index contributed by atoms with van der Waals surface area (Å²) in [6, 6.07) is 13.8. The molecule has 1 aromatic heterocycles. The van der Waals surface area contributed by atoms with Crippen molar-refractivity contribution >= 4 is 23.6 Å². The maximum absolute atomic E-state index is 11.5. The van der Waals surface area contributed by atoms with Gasteiger partial charge < -0.3 is 15.8 Å². The van der Waals surface area contributed by atoms with Gasteiger partial charge in [0.15, 0.2) is 0 Å². The molecule has 0 bridgehead atoms. The number of nitrogens with zero attached hydrogens (tertiary/aromatic N) is 3. The second-order valence-corrected chi connectivity index (χ2v) is 7.93. The fourth-order valence-corrected chi connectivity index (χ4v) is 3.76. The monoisotopic (exact) mass is 419 g/mol. The first-order valence-electron chi connectivity index (χ1n) is 10.9. The molecule has 0 spiro atoms. The Kier molecular flexibility index (Phi) is 6.94. The van der Waals surface area contributed by atoms with Crippen molar-refractivity contribution in [1.29, 1.82) is 0 Å². The predicted molar refractivity (Wildman–Crippen MR) is 123 cm³/mol. The van der Waals surface area contributed by atoms with E-state index in [1.807, 2.05) is 48.7 Å². The standard InChI is InChI=1S/C24H29N5O2/c25-21-12-14-29(17-19(21)16-26-20-6-2-1-3-7-20)13-4-5-15-31-23-11-9-18-8-10-22(30)27-24(18)28-23/h1-3,6-7,9,11,16H,4-5,8,10,12-15,17,25H2,(H,27,28,30). The molecule has 7 nitrogen and oxygen atoms in total. The van der Waals surface area contributed by atoms with Crippen LogP contribution in [0.4, 0.5) is 11.5 Å². The second-order valence-electron chi connectivity index (χ2n) is 7.93. The summed E-state index contributed by atoms with van der Waals surface area (Å²) in [6.07, 6.45) is 6.00. The molecule has 1 aromatic carbocycles. The minimum Gasteiger partial charge on any atom is -0.478 e. The zero-order valence-corrected chi connectivity index (χ0v) is 17.7. The number of aryl methyl sites for hydroxylation is 1. The van der Waals surface area contributed by atoms with Crippen molar-refractivity contribution in [3.05, 3.63) is 59.3 Å². The maximum Gasteiger partial charge on any atom is 0.225 e. The number of pyridine rings is 1. The number of anilines is 1. The number of para-hydroxylation sites is 1. The fraction of sp³-hybridized carbons (Fsp3) is 0.375. The van der Waals surface area contributed by atoms with E-state index in [1.165, 1.54) is 0 Å². The Labute approximate surface area is 183 Å². The third-order valence-corrected chi connectivity index (χ3v) is 5.58. The highest BCUT2D eigenvalue weighted by molar-refractivity contribution is 5.92. The lowest BCUT2D eigenvalue weighted by molar-refractivity contribution is -0.116. The van der Waals surface area contributed by atoms with Gasteiger partial charge in [-0.25, -0.2) is 0 Å². The van der Waals surface area contributed by atoms with E-state index in [9.17, 15) is 4.79 Å². The number of carbonyl (C=O) groups is 1. The van der Waals surface area contributed by atoms with Gasteiger partial charge in [-0.3, -0.25) is 14.7 Å². The molecule has 7 heteroatoms. The summed E-state index contributed by atoms with van der Waals surface area (Å²) in [7, 11) is 0. The van der Waals surface area contributed by atoms with Crippen LogP contribution >= 0.6 is 0 Å². The lowest BCUT2D eigenvalue weighted by atomic mass is 10.1. The van der Waals surface area contributed by atoms with Crippen molar-refractivity contribution in [2.45, 2.75) is 32.1 Å². The van der Waals surface area contributed by atoms with Crippen molar-refractivity contribution in [3.63, 3.8) is 0 Å². The number of carbonyl (C=O) groups excluding carboxylic acids is 1. The number of ether oxygens (including phenoxy) is 1. The van der Waals surface area contributed by atoms with Gasteiger partial charge in [-0.2, -0.15) is 4.98 Å². The largest absolute Gasteiger partial charge is 0.478 e. The minimum absolute atomic E-state index is 0.0153. The third kappa shape index (κ3) is 5.92. The average Bonchev–Trinajstić information content (AvgIpc) is 2.79. The first kappa shape index (κ1) is 21.1. The number of fused-ring (bicyclic) bond motifs is 1. The highest BCUT2D eigenvalue weighted by Crippen LogP contribution is 2.23. The Balaban J connectivity index is 1.19. The Morgan fingerprint density at radius 1 is 1.13 bits per heavy atom. The van der Waals surface area contributed by atoms with Crippen LogP contribution in [0, 0.1) is 0 Å². The van der Waals surface area contributed by atoms with E-state index in [-0.39, 0.29) is 5.91 Å². The van der Waals surface area contributed by atoms with Gasteiger partial charge in [-0.05, 0) is 49.6 Å². The Morgan fingerprint density at radius 3 is 2.87 bits per heavy atom. The molecule has 2 aliphatic heterocycles. The molecule has 3 heterocycles. The van der Waals surface area contributed by atoms with Crippen LogP contribution in [0.5, 0.6) is 5.88 Å². The number of hydrogen-bond acceptors (Lipinski definition) is 6. The first-order chi connectivity index (χ1) is 15.2. The van der Waals surface area contributed by atoms with Crippen LogP contribution in [-0.4, -0.2) is 48.2 Å². The summed E-state index contributed by atoms with van der Waals surface area (Å²) >= 11 is 0. The van der Waals surface area contributed by atoms with Gasteiger partial charge in [0.1, 0.15) is 5.82 Å². The van der Waals surface area contributed by atoms with Crippen molar-refractivity contribution in [2.24, 2.45) is 10.7 Å². The molecule has 0 fully saturated rings. The topological polar surface area (TPSA) is 92.8 Å². The van der Waals surface area contributed by atoms with E-state index in [0.29, 0.717) is 24.7 Å². The van der Waals surface area contributed by atoms with E-state index in [0.717, 1.165) is 67.8 Å². The summed E-state index contributed by atoms with van der Waals surface area (Å²) in [5.74, 6) is 1.21. The van der Waals surface area contributed by atoms with Crippen molar-refractivity contribution in [2.75, 3.05) is 31.6 Å². The van der Waals surface area contributed by atoms with E-state index in [2.05, 4.69) is 20.2 Å². The van der Waals surface area contributed by atoms with Gasteiger partial charge in [0, 0.05) is 49.5 Å². The van der Waals surface area contributed by atoms with Crippen LogP contribution in [-0.2, 0) is 11.2 Å². The predicted octanol–water partition coefficient (Wildman–Crippen LogP) is 3.45. The number of nitrogens with two attached hydrogens (primary N) is 1. The summed E-state index contributed by atoms with van der Waals surface area (Å²) in [5, 5.41) is 2.81. The molecule has 0 unspecified atom stereocenters. The SMILES string of the molecule is NC1=C(C=Nc2ccccc2)CN(CCCCOc2ccc3c(n2)NC(=O)CC3)CC1. The molecule has 3 N–H and O–H groups in total. The number of rotatable bonds is 8. The van der Waals surface area contributed by atoms with E-state index < -0.39 is 0 Å². The van der Waals surface area contributed by atoms with Gasteiger partial charge in [0.05, 0.1) is 12.3 Å². The molecule has 0 saturated heterocycles. The first-order valence-corrected chi connectivity index (χ1v) is 10.9. The normalized spacial score (nSPS) is 17.0. The second kappa shape index (κ2) is 10.2. The number of aliphatic imine (C=N–C) groups is 1. The zero-order chi connectivity index (χ0) is 21.5. The highest BCUT2D eigenvalue weighted by Gasteiger charge is 2.17. The molecule has 0 radical (unpaired) electrons. The summed E-state index contributed by atoms with van der Waals surface area (Å²) in [5.41, 5.74) is 10.3. The zero-order valence-electron chi connectivity index (χ0n) is 17.7. The molecule has 4 rings (SSSR count). The third-order valence-electron chi connectivity index (χ3n) is 5.58. The van der Waals surface area contributed by atoms with E-state index in [4.69, 9.17) is 10.5 Å². The van der Waals surface area contributed by atoms with E-state index >= 15 is 0 Å². The molecule has 2 aromatic rings. The van der Waals surface area contributed by atoms with E-state index in [1.54, 1.807) is 0 Å². The lowest BCUT2D eigenvalue weighted by Crippen LogP contribution is -2.34. The van der Waals surface area contributed by atoms with Gasteiger partial charge >= 0.3 is 0 Å². The van der Waals surface area contributed by atoms with Crippen LogP contribution in [0.25, 0.3) is 0 Å². The summed E-state index contributed by atoms with van der Waals surface area (Å²) in [4.78, 5) is 22.9. The van der Waals surface area contributed by atoms with Crippen LogP contribution in [0.3, 0.4) is 0 Å². The van der Waals surface area contributed by atoms with Gasteiger partial charge in [-0.1, -0.05) is 18.2 Å². The van der Waals surface area contributed by atoms with Crippen molar-refractivity contribution in [3.8, 4) is 5.88 Å². The molecular formula is C24H29N5O2. The Morgan fingerprint density at radius 2 is 2.00 bits per heavy atom. The van der Waals surface area contributed by atoms with Crippen molar-refractivity contribution in [1.82, 2.24) is 9.88 Å². The molecule has 2 aliphatic rings. The molecule has 0 aliphatic carbocycles. The lowest BCUT2D eigenvalue weighted by Gasteiger charge is -2.28. The maximum atomic E-state index is 11.5. The quantitative estimate of drug-likeness (QED) is 0.505. The Hall–Kier alpha value is -3.19. The van der Waals surface area contributed by atoms with Gasteiger partial charge in [0.2, 0.25) is 11.8 Å². The molecular weight excluding hydrogens is 390 g/mol. The number of unbranched alkanes of at least 4 members (excludes halogenated alkanes) is 1. The fourth-order valence-electron chi connectivity index (χ4n) is 3.76. The van der Waals surface area contributed by atoms with Gasteiger partial charge in [-0.15, -0.1) is 0 Å². The number of nitrogens with one attached hydrogen (secondary N) is 1. The minimum atomic E-state index is 0.0153. The molecule has 1 amide bonds. The van der Waals surface area contributed by atoms with Crippen LogP contribution < -0.4 is 15.8 Å². The van der Waals surface area contributed by atoms with Crippen LogP contribution in [0.1, 0.15) is 31.2 Å². The summed E-state index contributed by atoms with van der Waals surface area (Å²) in [6.45, 7) is 3.40. The molecule has 31 heavy (non-hydrogen) atoms. The Bertz CT molecular complexity index is 971. The number of aromatic nitrogens is 1. The molecule has 0 saturated carbocycles. The van der Waals surface area contributed by atoms with Crippen LogP contribution in [0.15, 0.2) is 58.7 Å². The van der Waals surface area contributed by atoms with Crippen molar-refractivity contribution < 1.29 is 9.53 Å². The number of amides is 1. The molecule has 162 valence electrons. The smallest absolute Gasteiger partial charge is 0.225 e. The highest BCUT2D eigenvalue weighted by atomic mass is 16.5. The van der Waals surface area contributed by atoms with Gasteiger partial charge in [0.25, 0.3) is 0 Å². The molecule has 0 atom stereocenters. The number of benzene rings is 1. The van der Waals surface area contributed by atoms with Crippen LogP contribution in [0.2, 0.25) is 0 Å². The number of hydrogen-bond donors (Lipinski definition) is 2. The summed E-state index contributed by atoms with van der Waals surface area (Å²) < 4.78 is 5.79.